The van der Waals surface area contributed by atoms with Gasteiger partial charge >= 0.3 is 0 Å². The van der Waals surface area contributed by atoms with Crippen LogP contribution in [-0.2, 0) is 12.3 Å². The van der Waals surface area contributed by atoms with Crippen molar-refractivity contribution < 1.29 is 0 Å². The summed E-state index contributed by atoms with van der Waals surface area (Å²) in [6.07, 6.45) is 5.32. The van der Waals surface area contributed by atoms with Gasteiger partial charge in [-0.3, -0.25) is 4.79 Å². The van der Waals surface area contributed by atoms with E-state index in [-0.39, 0.29) is 5.56 Å². The van der Waals surface area contributed by atoms with Gasteiger partial charge in [0.25, 0.3) is 5.56 Å². The molecule has 0 aliphatic heterocycles. The first-order chi connectivity index (χ1) is 8.28. The van der Waals surface area contributed by atoms with Gasteiger partial charge in [-0.05, 0) is 19.9 Å². The monoisotopic (exact) mass is 253 g/mol. The minimum absolute atomic E-state index is 0.0488. The van der Waals surface area contributed by atoms with Crippen LogP contribution in [0.25, 0.3) is 0 Å². The minimum atomic E-state index is -0.0488. The van der Waals surface area contributed by atoms with Crippen molar-refractivity contribution in [2.75, 3.05) is 7.05 Å². The quantitative estimate of drug-likeness (QED) is 0.838. The second-order valence-electron chi connectivity index (χ2n) is 4.43. The molecule has 2 N–H and O–H groups in total. The molecule has 0 saturated heterocycles. The Kier molecular flexibility index (Phi) is 4.62. The van der Waals surface area contributed by atoms with E-state index >= 15 is 0 Å². The summed E-state index contributed by atoms with van der Waals surface area (Å²) in [5.74, 6) is 1.62. The van der Waals surface area contributed by atoms with E-state index in [2.05, 4.69) is 15.3 Å². The lowest BCUT2D eigenvalue weighted by atomic mass is 10.4. The lowest BCUT2D eigenvalue weighted by molar-refractivity contribution is 0.772. The second kappa shape index (κ2) is 6.21. The van der Waals surface area contributed by atoms with Crippen LogP contribution in [0.4, 0.5) is 0 Å². The summed E-state index contributed by atoms with van der Waals surface area (Å²) in [6, 6.07) is 1.56. The zero-order valence-electron chi connectivity index (χ0n) is 10.2. The number of aromatic nitrogens is 2. The molecular weight excluding hydrogens is 234 g/mol. The molecule has 1 saturated carbocycles. The maximum atomic E-state index is 11.4. The Morgan fingerprint density at radius 2 is 2.29 bits per heavy atom. The molecule has 17 heavy (non-hydrogen) atoms. The Morgan fingerprint density at radius 1 is 1.53 bits per heavy atom. The number of thioether (sulfide) groups is 1. The Balaban J connectivity index is 1.96. The number of H-pyrrole nitrogens is 1. The third-order valence-electron chi connectivity index (χ3n) is 2.96. The van der Waals surface area contributed by atoms with E-state index in [1.54, 1.807) is 6.07 Å². The normalized spacial score (nSPS) is 16.5. The van der Waals surface area contributed by atoms with E-state index in [1.807, 2.05) is 18.8 Å². The van der Waals surface area contributed by atoms with Crippen molar-refractivity contribution in [2.24, 2.45) is 0 Å². The number of rotatable bonds is 5. The summed E-state index contributed by atoms with van der Waals surface area (Å²) in [6.45, 7) is 0.644. The van der Waals surface area contributed by atoms with Crippen LogP contribution in [0.15, 0.2) is 10.9 Å². The zero-order chi connectivity index (χ0) is 12.1. The van der Waals surface area contributed by atoms with Gasteiger partial charge in [0, 0.05) is 17.9 Å². The molecule has 0 unspecified atom stereocenters. The van der Waals surface area contributed by atoms with Crippen LogP contribution in [0.3, 0.4) is 0 Å². The number of aromatic amines is 1. The van der Waals surface area contributed by atoms with Gasteiger partial charge in [0.1, 0.15) is 5.82 Å². The number of hydrogen-bond donors (Lipinski definition) is 2. The standard InChI is InChI=1S/C12H19N3OS/c1-13-7-9-6-12(16)15-11(14-9)8-17-10-4-2-3-5-10/h6,10,13H,2-5,7-8H2,1H3,(H,14,15,16). The van der Waals surface area contributed by atoms with Crippen LogP contribution in [0.2, 0.25) is 0 Å². The van der Waals surface area contributed by atoms with Crippen molar-refractivity contribution >= 4 is 11.8 Å². The molecule has 5 heteroatoms. The highest BCUT2D eigenvalue weighted by Gasteiger charge is 2.15. The average Bonchev–Trinajstić information content (AvgIpc) is 2.79. The van der Waals surface area contributed by atoms with E-state index < -0.39 is 0 Å². The number of hydrogen-bond acceptors (Lipinski definition) is 4. The van der Waals surface area contributed by atoms with Gasteiger partial charge in [0.05, 0.1) is 11.4 Å². The van der Waals surface area contributed by atoms with Gasteiger partial charge in [0.15, 0.2) is 0 Å². The molecule has 0 radical (unpaired) electrons. The van der Waals surface area contributed by atoms with E-state index in [9.17, 15) is 4.79 Å². The zero-order valence-corrected chi connectivity index (χ0v) is 11.0. The van der Waals surface area contributed by atoms with Crippen LogP contribution in [-0.4, -0.2) is 22.3 Å². The summed E-state index contributed by atoms with van der Waals surface area (Å²) >= 11 is 1.92. The van der Waals surface area contributed by atoms with Gasteiger partial charge in [-0.25, -0.2) is 4.98 Å². The summed E-state index contributed by atoms with van der Waals surface area (Å²) in [4.78, 5) is 18.7. The molecule has 94 valence electrons. The van der Waals surface area contributed by atoms with Gasteiger partial charge in [-0.2, -0.15) is 11.8 Å². The fourth-order valence-corrected chi connectivity index (χ4v) is 3.35. The molecular formula is C12H19N3OS. The molecule has 0 bridgehead atoms. The SMILES string of the molecule is CNCc1cc(=O)[nH]c(CSC2CCCC2)n1. The molecule has 0 aromatic carbocycles. The maximum Gasteiger partial charge on any atom is 0.251 e. The Bertz CT molecular complexity index is 412. The van der Waals surface area contributed by atoms with Crippen molar-refractivity contribution in [1.82, 2.24) is 15.3 Å². The first-order valence-electron chi connectivity index (χ1n) is 6.13. The highest BCUT2D eigenvalue weighted by molar-refractivity contribution is 7.99. The van der Waals surface area contributed by atoms with Crippen LogP contribution in [0, 0.1) is 0 Å². The van der Waals surface area contributed by atoms with Crippen molar-refractivity contribution in [3.8, 4) is 0 Å². The molecule has 1 aliphatic carbocycles. The van der Waals surface area contributed by atoms with E-state index in [0.29, 0.717) is 6.54 Å². The van der Waals surface area contributed by atoms with Gasteiger partial charge in [0.2, 0.25) is 0 Å². The second-order valence-corrected chi connectivity index (χ2v) is 5.72. The molecule has 1 fully saturated rings. The van der Waals surface area contributed by atoms with Crippen molar-refractivity contribution in [1.29, 1.82) is 0 Å². The third-order valence-corrected chi connectivity index (χ3v) is 4.34. The first kappa shape index (κ1) is 12.6. The molecule has 1 aliphatic rings. The first-order valence-corrected chi connectivity index (χ1v) is 7.18. The molecule has 2 rings (SSSR count). The smallest absolute Gasteiger partial charge is 0.251 e. The summed E-state index contributed by atoms with van der Waals surface area (Å²) < 4.78 is 0. The van der Waals surface area contributed by atoms with Crippen LogP contribution < -0.4 is 10.9 Å². The summed E-state index contributed by atoms with van der Waals surface area (Å²) in [5, 5.41) is 3.77. The Hall–Kier alpha value is -0.810. The van der Waals surface area contributed by atoms with Gasteiger partial charge < -0.3 is 10.3 Å². The number of nitrogens with zero attached hydrogens (tertiary/aromatic N) is 1. The lowest BCUT2D eigenvalue weighted by Crippen LogP contribution is -2.16. The fourth-order valence-electron chi connectivity index (χ4n) is 2.16. The minimum Gasteiger partial charge on any atom is -0.314 e. The largest absolute Gasteiger partial charge is 0.314 e. The lowest BCUT2D eigenvalue weighted by Gasteiger charge is -2.08. The highest BCUT2D eigenvalue weighted by Crippen LogP contribution is 2.30. The fraction of sp³-hybridized carbons (Fsp3) is 0.667. The van der Waals surface area contributed by atoms with E-state index in [4.69, 9.17) is 0 Å². The topological polar surface area (TPSA) is 57.8 Å². The molecule has 1 heterocycles. The van der Waals surface area contributed by atoms with E-state index in [1.165, 1.54) is 25.7 Å². The van der Waals surface area contributed by atoms with Crippen molar-refractivity contribution in [3.63, 3.8) is 0 Å². The van der Waals surface area contributed by atoms with Crippen LogP contribution in [0.5, 0.6) is 0 Å². The van der Waals surface area contributed by atoms with Crippen molar-refractivity contribution in [2.45, 2.75) is 43.2 Å². The molecule has 0 amide bonds. The van der Waals surface area contributed by atoms with Crippen LogP contribution >= 0.6 is 11.8 Å². The summed E-state index contributed by atoms with van der Waals surface area (Å²) in [5.41, 5.74) is 0.769. The van der Waals surface area contributed by atoms with Crippen LogP contribution in [0.1, 0.15) is 37.2 Å². The summed E-state index contributed by atoms with van der Waals surface area (Å²) in [7, 11) is 1.86. The maximum absolute atomic E-state index is 11.4. The predicted molar refractivity (Wildman–Crippen MR) is 71.2 cm³/mol. The molecule has 1 aromatic heterocycles. The molecule has 1 aromatic rings. The highest BCUT2D eigenvalue weighted by atomic mass is 32.2. The van der Waals surface area contributed by atoms with Gasteiger partial charge in [-0.1, -0.05) is 12.8 Å². The molecule has 4 nitrogen and oxygen atoms in total. The third kappa shape index (κ3) is 3.85. The number of nitrogens with one attached hydrogen (secondary N) is 2. The molecule has 0 spiro atoms. The van der Waals surface area contributed by atoms with E-state index in [0.717, 1.165) is 22.5 Å². The molecule has 0 atom stereocenters. The van der Waals surface area contributed by atoms with Crippen molar-refractivity contribution in [3.05, 3.63) is 27.9 Å². The van der Waals surface area contributed by atoms with Gasteiger partial charge in [-0.15, -0.1) is 0 Å². The predicted octanol–water partition coefficient (Wildman–Crippen LogP) is 1.67. The Labute approximate surface area is 106 Å². The average molecular weight is 253 g/mol. The Morgan fingerprint density at radius 3 is 3.00 bits per heavy atom.